The number of hydrogen-bond acceptors (Lipinski definition) is 4. The first kappa shape index (κ1) is 13.3. The molecule has 2 nitrogen and oxygen atoms in total. The smallest absolute Gasteiger partial charge is 0.0245 e. The zero-order valence-electron chi connectivity index (χ0n) is 10.5. The Labute approximate surface area is 113 Å². The summed E-state index contributed by atoms with van der Waals surface area (Å²) >= 11 is 3.67. The highest BCUT2D eigenvalue weighted by Crippen LogP contribution is 2.27. The Morgan fingerprint density at radius 2 is 1.94 bits per heavy atom. The van der Waals surface area contributed by atoms with Crippen molar-refractivity contribution in [2.75, 3.05) is 38.7 Å². The van der Waals surface area contributed by atoms with Gasteiger partial charge in [0.2, 0.25) is 0 Å². The summed E-state index contributed by atoms with van der Waals surface area (Å²) < 4.78 is 0. The molecule has 0 aliphatic carbocycles. The van der Waals surface area contributed by atoms with Gasteiger partial charge in [-0.25, -0.2) is 0 Å². The number of rotatable bonds is 4. The maximum atomic E-state index is 3.40. The van der Waals surface area contributed by atoms with Crippen LogP contribution in [-0.2, 0) is 6.54 Å². The third-order valence-electron chi connectivity index (χ3n) is 3.10. The van der Waals surface area contributed by atoms with Crippen LogP contribution >= 0.6 is 23.5 Å². The predicted molar refractivity (Wildman–Crippen MR) is 78.2 cm³/mol. The molecule has 4 heteroatoms. The zero-order chi connectivity index (χ0) is 12.1. The zero-order valence-corrected chi connectivity index (χ0v) is 12.2. The lowest BCUT2D eigenvalue weighted by Gasteiger charge is -2.27. The summed E-state index contributed by atoms with van der Waals surface area (Å²) in [6.45, 7) is 5.66. The minimum Gasteiger partial charge on any atom is -0.314 e. The van der Waals surface area contributed by atoms with Gasteiger partial charge in [0, 0.05) is 42.5 Å². The van der Waals surface area contributed by atoms with Gasteiger partial charge in [-0.15, -0.1) is 23.5 Å². The standard InChI is InChI=1S/C13H20N2S2/c1-16-12-4-3-11(13(9-12)17-2)10-15-7-5-14-6-8-15/h3-4,9,14H,5-8,10H2,1-2H3. The molecule has 0 aromatic heterocycles. The van der Waals surface area contributed by atoms with Crippen molar-refractivity contribution in [3.63, 3.8) is 0 Å². The van der Waals surface area contributed by atoms with E-state index in [4.69, 9.17) is 0 Å². The number of nitrogens with zero attached hydrogens (tertiary/aromatic N) is 1. The van der Waals surface area contributed by atoms with Crippen molar-refractivity contribution in [1.29, 1.82) is 0 Å². The minimum atomic E-state index is 1.09. The third kappa shape index (κ3) is 3.65. The average molecular weight is 268 g/mol. The number of nitrogens with one attached hydrogen (secondary N) is 1. The van der Waals surface area contributed by atoms with Crippen LogP contribution in [0.2, 0.25) is 0 Å². The molecular formula is C13H20N2S2. The van der Waals surface area contributed by atoms with E-state index in [9.17, 15) is 0 Å². The fourth-order valence-electron chi connectivity index (χ4n) is 2.09. The Morgan fingerprint density at radius 1 is 1.18 bits per heavy atom. The van der Waals surface area contributed by atoms with E-state index < -0.39 is 0 Å². The number of hydrogen-bond donors (Lipinski definition) is 1. The molecule has 94 valence electrons. The fraction of sp³-hybridized carbons (Fsp3) is 0.538. The van der Waals surface area contributed by atoms with Crippen LogP contribution in [0.15, 0.2) is 28.0 Å². The molecule has 0 radical (unpaired) electrons. The maximum absolute atomic E-state index is 3.40. The predicted octanol–water partition coefficient (Wildman–Crippen LogP) is 2.54. The van der Waals surface area contributed by atoms with Crippen molar-refractivity contribution in [1.82, 2.24) is 10.2 Å². The van der Waals surface area contributed by atoms with E-state index in [2.05, 4.69) is 40.9 Å². The van der Waals surface area contributed by atoms with Gasteiger partial charge in [-0.1, -0.05) is 6.07 Å². The van der Waals surface area contributed by atoms with Gasteiger partial charge >= 0.3 is 0 Å². The van der Waals surface area contributed by atoms with Crippen molar-refractivity contribution in [3.8, 4) is 0 Å². The van der Waals surface area contributed by atoms with Crippen LogP contribution < -0.4 is 5.32 Å². The third-order valence-corrected chi connectivity index (χ3v) is 4.64. The summed E-state index contributed by atoms with van der Waals surface area (Å²) in [5.41, 5.74) is 1.47. The first-order valence-electron chi connectivity index (χ1n) is 5.97. The Hall–Kier alpha value is -0.160. The molecule has 0 spiro atoms. The summed E-state index contributed by atoms with van der Waals surface area (Å²) in [5, 5.41) is 3.40. The van der Waals surface area contributed by atoms with E-state index in [1.165, 1.54) is 15.4 Å². The molecule has 17 heavy (non-hydrogen) atoms. The van der Waals surface area contributed by atoms with Crippen LogP contribution in [0, 0.1) is 0 Å². The molecule has 1 N–H and O–H groups in total. The van der Waals surface area contributed by atoms with E-state index in [0.717, 1.165) is 32.7 Å². The normalized spacial score (nSPS) is 17.3. The molecule has 1 fully saturated rings. The van der Waals surface area contributed by atoms with Gasteiger partial charge in [0.25, 0.3) is 0 Å². The Bertz CT molecular complexity index is 362. The quantitative estimate of drug-likeness (QED) is 0.844. The summed E-state index contributed by atoms with van der Waals surface area (Å²) in [4.78, 5) is 5.32. The Kier molecular flexibility index (Phi) is 5.22. The van der Waals surface area contributed by atoms with Crippen LogP contribution in [0.25, 0.3) is 0 Å². The first-order valence-corrected chi connectivity index (χ1v) is 8.42. The van der Waals surface area contributed by atoms with E-state index in [0.29, 0.717) is 0 Å². The molecule has 2 rings (SSSR count). The van der Waals surface area contributed by atoms with Gasteiger partial charge < -0.3 is 5.32 Å². The lowest BCUT2D eigenvalue weighted by Crippen LogP contribution is -2.42. The molecule has 1 aliphatic rings. The first-order chi connectivity index (χ1) is 8.33. The molecule has 0 amide bonds. The average Bonchev–Trinajstić information content (AvgIpc) is 2.40. The van der Waals surface area contributed by atoms with Crippen LogP contribution in [0.5, 0.6) is 0 Å². The molecule has 0 atom stereocenters. The molecule has 0 saturated carbocycles. The molecule has 0 unspecified atom stereocenters. The van der Waals surface area contributed by atoms with Gasteiger partial charge in [0.15, 0.2) is 0 Å². The van der Waals surface area contributed by atoms with Crippen molar-refractivity contribution < 1.29 is 0 Å². The van der Waals surface area contributed by atoms with Gasteiger partial charge in [-0.05, 0) is 30.2 Å². The Balaban J connectivity index is 2.08. The summed E-state index contributed by atoms with van der Waals surface area (Å²) in [7, 11) is 0. The van der Waals surface area contributed by atoms with Crippen molar-refractivity contribution in [2.24, 2.45) is 0 Å². The number of thioether (sulfide) groups is 2. The molecule has 1 aliphatic heterocycles. The van der Waals surface area contributed by atoms with Crippen LogP contribution in [-0.4, -0.2) is 43.6 Å². The molecule has 1 aromatic rings. The molecule has 1 saturated heterocycles. The Morgan fingerprint density at radius 3 is 2.59 bits per heavy atom. The SMILES string of the molecule is CSc1ccc(CN2CCNCC2)c(SC)c1. The van der Waals surface area contributed by atoms with Gasteiger partial charge in [-0.3, -0.25) is 4.90 Å². The van der Waals surface area contributed by atoms with Crippen LogP contribution in [0.3, 0.4) is 0 Å². The second-order valence-electron chi connectivity index (χ2n) is 4.20. The topological polar surface area (TPSA) is 15.3 Å². The van der Waals surface area contributed by atoms with Crippen LogP contribution in [0.4, 0.5) is 0 Å². The van der Waals surface area contributed by atoms with Gasteiger partial charge in [0.05, 0.1) is 0 Å². The largest absolute Gasteiger partial charge is 0.314 e. The molecule has 1 heterocycles. The van der Waals surface area contributed by atoms with Crippen molar-refractivity contribution in [3.05, 3.63) is 23.8 Å². The van der Waals surface area contributed by atoms with E-state index >= 15 is 0 Å². The highest BCUT2D eigenvalue weighted by atomic mass is 32.2. The van der Waals surface area contributed by atoms with Gasteiger partial charge in [-0.2, -0.15) is 0 Å². The highest BCUT2D eigenvalue weighted by Gasteiger charge is 2.12. The molecular weight excluding hydrogens is 248 g/mol. The minimum absolute atomic E-state index is 1.09. The summed E-state index contributed by atoms with van der Waals surface area (Å²) in [6.07, 6.45) is 4.30. The van der Waals surface area contributed by atoms with E-state index in [1.54, 1.807) is 0 Å². The van der Waals surface area contributed by atoms with Gasteiger partial charge in [0.1, 0.15) is 0 Å². The molecule has 0 bridgehead atoms. The fourth-order valence-corrected chi connectivity index (χ4v) is 3.25. The lowest BCUT2D eigenvalue weighted by atomic mass is 10.2. The highest BCUT2D eigenvalue weighted by molar-refractivity contribution is 7.99. The second kappa shape index (κ2) is 6.69. The summed E-state index contributed by atoms with van der Waals surface area (Å²) in [6, 6.07) is 6.84. The van der Waals surface area contributed by atoms with E-state index in [-0.39, 0.29) is 0 Å². The van der Waals surface area contributed by atoms with Crippen molar-refractivity contribution >= 4 is 23.5 Å². The lowest BCUT2D eigenvalue weighted by molar-refractivity contribution is 0.231. The monoisotopic (exact) mass is 268 g/mol. The van der Waals surface area contributed by atoms with Crippen LogP contribution in [0.1, 0.15) is 5.56 Å². The number of piperazine rings is 1. The summed E-state index contributed by atoms with van der Waals surface area (Å²) in [5.74, 6) is 0. The maximum Gasteiger partial charge on any atom is 0.0245 e. The van der Waals surface area contributed by atoms with E-state index in [1.807, 2.05) is 23.5 Å². The van der Waals surface area contributed by atoms with Crippen molar-refractivity contribution in [2.45, 2.75) is 16.3 Å². The second-order valence-corrected chi connectivity index (χ2v) is 5.93. The number of benzene rings is 1. The molecule has 1 aromatic carbocycles.